The van der Waals surface area contributed by atoms with Gasteiger partial charge in [-0.2, -0.15) is 0 Å². The summed E-state index contributed by atoms with van der Waals surface area (Å²) in [7, 11) is 0. The molecule has 0 atom stereocenters. The van der Waals surface area contributed by atoms with Crippen LogP contribution in [0.25, 0.3) is 0 Å². The van der Waals surface area contributed by atoms with Crippen molar-refractivity contribution >= 4 is 17.5 Å². The van der Waals surface area contributed by atoms with E-state index in [0.29, 0.717) is 16.8 Å². The Morgan fingerprint density at radius 3 is 2.29 bits per heavy atom. The summed E-state index contributed by atoms with van der Waals surface area (Å²) >= 11 is 0. The topological polar surface area (TPSA) is 62.3 Å². The van der Waals surface area contributed by atoms with E-state index >= 15 is 0 Å². The number of rotatable bonds is 3. The molecule has 1 fully saturated rings. The number of aromatic nitrogens is 1. The summed E-state index contributed by atoms with van der Waals surface area (Å²) in [5, 5.41) is 2.81. The van der Waals surface area contributed by atoms with Crippen molar-refractivity contribution in [2.24, 2.45) is 0 Å². The highest BCUT2D eigenvalue weighted by molar-refractivity contribution is 6.05. The molecule has 2 amide bonds. The lowest BCUT2D eigenvalue weighted by Gasteiger charge is -2.20. The van der Waals surface area contributed by atoms with Gasteiger partial charge in [0.05, 0.1) is 11.1 Å². The van der Waals surface area contributed by atoms with Crippen LogP contribution in [0.1, 0.15) is 46.4 Å². The van der Waals surface area contributed by atoms with Gasteiger partial charge in [0, 0.05) is 31.2 Å². The van der Waals surface area contributed by atoms with E-state index in [9.17, 15) is 9.59 Å². The van der Waals surface area contributed by atoms with Crippen molar-refractivity contribution in [2.45, 2.75) is 25.7 Å². The van der Waals surface area contributed by atoms with Crippen LogP contribution in [0.3, 0.4) is 0 Å². The highest BCUT2D eigenvalue weighted by atomic mass is 16.2. The number of likely N-dealkylation sites (tertiary alicyclic amines) is 1. The van der Waals surface area contributed by atoms with Crippen LogP contribution in [0.5, 0.6) is 0 Å². The standard InChI is InChI=1S/C19H21N3O2/c23-18(21-17-8-4-3-5-9-17)15-12-16(14-20-13-15)19(24)22-10-6-1-2-7-11-22/h3-5,8-9,12-14H,1-2,6-7,10-11H2,(H,21,23). The van der Waals surface area contributed by atoms with E-state index in [2.05, 4.69) is 10.3 Å². The number of nitrogens with zero attached hydrogens (tertiary/aromatic N) is 2. The van der Waals surface area contributed by atoms with Crippen LogP contribution >= 0.6 is 0 Å². The van der Waals surface area contributed by atoms with Crippen molar-refractivity contribution in [2.75, 3.05) is 18.4 Å². The van der Waals surface area contributed by atoms with Crippen molar-refractivity contribution in [3.05, 3.63) is 59.9 Å². The van der Waals surface area contributed by atoms with Gasteiger partial charge in [-0.05, 0) is 31.0 Å². The average molecular weight is 323 g/mol. The Morgan fingerprint density at radius 1 is 0.917 bits per heavy atom. The van der Waals surface area contributed by atoms with E-state index in [4.69, 9.17) is 0 Å². The quantitative estimate of drug-likeness (QED) is 0.942. The fraction of sp³-hybridized carbons (Fsp3) is 0.316. The number of carbonyl (C=O) groups is 2. The van der Waals surface area contributed by atoms with E-state index in [0.717, 1.165) is 25.9 Å². The molecule has 24 heavy (non-hydrogen) atoms. The maximum atomic E-state index is 12.6. The van der Waals surface area contributed by atoms with Gasteiger partial charge in [-0.15, -0.1) is 0 Å². The molecule has 1 N–H and O–H groups in total. The lowest BCUT2D eigenvalue weighted by molar-refractivity contribution is 0.0761. The summed E-state index contributed by atoms with van der Waals surface area (Å²) in [6, 6.07) is 10.9. The van der Waals surface area contributed by atoms with Gasteiger partial charge in [-0.25, -0.2) is 0 Å². The molecule has 0 aliphatic carbocycles. The van der Waals surface area contributed by atoms with Crippen molar-refractivity contribution < 1.29 is 9.59 Å². The molecule has 0 spiro atoms. The summed E-state index contributed by atoms with van der Waals surface area (Å²) in [6.45, 7) is 1.55. The Hall–Kier alpha value is -2.69. The first-order valence-electron chi connectivity index (χ1n) is 8.35. The molecule has 0 radical (unpaired) electrons. The molecule has 124 valence electrons. The Labute approximate surface area is 141 Å². The predicted molar refractivity (Wildman–Crippen MR) is 93.0 cm³/mol. The smallest absolute Gasteiger partial charge is 0.257 e. The Morgan fingerprint density at radius 2 is 1.58 bits per heavy atom. The summed E-state index contributed by atoms with van der Waals surface area (Å²) in [4.78, 5) is 30.9. The van der Waals surface area contributed by atoms with E-state index < -0.39 is 0 Å². The molecule has 1 aliphatic heterocycles. The molecule has 2 heterocycles. The molecule has 1 saturated heterocycles. The van der Waals surface area contributed by atoms with Crippen molar-refractivity contribution in [1.82, 2.24) is 9.88 Å². The number of nitrogens with one attached hydrogen (secondary N) is 1. The van der Waals surface area contributed by atoms with Gasteiger partial charge in [0.2, 0.25) is 0 Å². The van der Waals surface area contributed by atoms with Gasteiger partial charge in [-0.3, -0.25) is 14.6 Å². The summed E-state index contributed by atoms with van der Waals surface area (Å²) in [5.41, 5.74) is 1.57. The van der Waals surface area contributed by atoms with Gasteiger partial charge in [-0.1, -0.05) is 31.0 Å². The number of hydrogen-bond donors (Lipinski definition) is 1. The third kappa shape index (κ3) is 3.98. The van der Waals surface area contributed by atoms with E-state index in [1.54, 1.807) is 6.07 Å². The maximum absolute atomic E-state index is 12.6. The monoisotopic (exact) mass is 323 g/mol. The second-order valence-electron chi connectivity index (χ2n) is 5.99. The lowest BCUT2D eigenvalue weighted by Crippen LogP contribution is -2.32. The molecule has 1 aromatic heterocycles. The zero-order valence-electron chi connectivity index (χ0n) is 13.6. The Bertz CT molecular complexity index is 708. The SMILES string of the molecule is O=C(Nc1ccccc1)c1cncc(C(=O)N2CCCCCC2)c1. The van der Waals surface area contributed by atoms with Crippen LogP contribution in [0.4, 0.5) is 5.69 Å². The molecule has 1 aromatic carbocycles. The highest BCUT2D eigenvalue weighted by Gasteiger charge is 2.19. The Balaban J connectivity index is 1.73. The van der Waals surface area contributed by atoms with E-state index in [1.165, 1.54) is 25.2 Å². The molecule has 5 nitrogen and oxygen atoms in total. The van der Waals surface area contributed by atoms with Crippen LogP contribution in [0, 0.1) is 0 Å². The van der Waals surface area contributed by atoms with Crippen LogP contribution in [0.2, 0.25) is 0 Å². The predicted octanol–water partition coefficient (Wildman–Crippen LogP) is 3.35. The zero-order valence-corrected chi connectivity index (χ0v) is 13.6. The number of carbonyl (C=O) groups excluding carboxylic acids is 2. The highest BCUT2D eigenvalue weighted by Crippen LogP contribution is 2.14. The molecule has 0 saturated carbocycles. The second kappa shape index (κ2) is 7.73. The molecule has 0 unspecified atom stereocenters. The minimum Gasteiger partial charge on any atom is -0.339 e. The number of hydrogen-bond acceptors (Lipinski definition) is 3. The third-order valence-electron chi connectivity index (χ3n) is 4.17. The maximum Gasteiger partial charge on any atom is 0.257 e. The van der Waals surface area contributed by atoms with Crippen molar-refractivity contribution in [1.29, 1.82) is 0 Å². The summed E-state index contributed by atoms with van der Waals surface area (Å²) in [5.74, 6) is -0.307. The number of para-hydroxylation sites is 1. The molecule has 0 bridgehead atoms. The molecule has 3 rings (SSSR count). The molecule has 1 aliphatic rings. The van der Waals surface area contributed by atoms with Crippen LogP contribution < -0.4 is 5.32 Å². The normalized spacial score (nSPS) is 14.8. The van der Waals surface area contributed by atoms with Gasteiger partial charge in [0.1, 0.15) is 0 Å². The zero-order chi connectivity index (χ0) is 16.8. The number of benzene rings is 1. The van der Waals surface area contributed by atoms with Crippen molar-refractivity contribution in [3.8, 4) is 0 Å². The Kier molecular flexibility index (Phi) is 5.21. The largest absolute Gasteiger partial charge is 0.339 e. The fourth-order valence-corrected chi connectivity index (χ4v) is 2.86. The number of amides is 2. The lowest BCUT2D eigenvalue weighted by atomic mass is 10.1. The summed E-state index contributed by atoms with van der Waals surface area (Å²) < 4.78 is 0. The molecular weight excluding hydrogens is 302 g/mol. The minimum atomic E-state index is -0.265. The fourth-order valence-electron chi connectivity index (χ4n) is 2.86. The average Bonchev–Trinajstić information content (AvgIpc) is 2.91. The number of pyridine rings is 1. The number of anilines is 1. The van der Waals surface area contributed by atoms with Crippen LogP contribution in [-0.4, -0.2) is 34.8 Å². The van der Waals surface area contributed by atoms with Gasteiger partial charge < -0.3 is 10.2 Å². The molecule has 5 heteroatoms. The third-order valence-corrected chi connectivity index (χ3v) is 4.17. The first-order chi connectivity index (χ1) is 11.7. The molecular formula is C19H21N3O2. The second-order valence-corrected chi connectivity index (χ2v) is 5.99. The summed E-state index contributed by atoms with van der Waals surface area (Å²) in [6.07, 6.45) is 7.42. The first kappa shape index (κ1) is 16.2. The van der Waals surface area contributed by atoms with Crippen molar-refractivity contribution in [3.63, 3.8) is 0 Å². The van der Waals surface area contributed by atoms with E-state index in [-0.39, 0.29) is 11.8 Å². The first-order valence-corrected chi connectivity index (χ1v) is 8.35. The van der Waals surface area contributed by atoms with Crippen LogP contribution in [-0.2, 0) is 0 Å². The minimum absolute atomic E-state index is 0.0428. The van der Waals surface area contributed by atoms with E-state index in [1.807, 2.05) is 35.2 Å². The van der Waals surface area contributed by atoms with Gasteiger partial charge in [0.15, 0.2) is 0 Å². The van der Waals surface area contributed by atoms with Gasteiger partial charge in [0.25, 0.3) is 11.8 Å². The molecule has 2 aromatic rings. The van der Waals surface area contributed by atoms with Crippen LogP contribution in [0.15, 0.2) is 48.8 Å². The van der Waals surface area contributed by atoms with Gasteiger partial charge >= 0.3 is 0 Å².